The second kappa shape index (κ2) is 13.0. The molecule has 1 unspecified atom stereocenters. The van der Waals surface area contributed by atoms with Crippen molar-refractivity contribution in [3.63, 3.8) is 0 Å². The molecule has 5 aromatic rings. The highest BCUT2D eigenvalue weighted by Gasteiger charge is 2.26. The Bertz CT molecular complexity index is 1800. The van der Waals surface area contributed by atoms with E-state index in [4.69, 9.17) is 28.8 Å². The maximum atomic E-state index is 6.18. The Morgan fingerprint density at radius 1 is 0.773 bits per heavy atom. The van der Waals surface area contributed by atoms with Crippen LogP contribution < -0.4 is 18.9 Å². The first-order valence-electron chi connectivity index (χ1n) is 14.7. The smallest absolute Gasteiger partial charge is 0.161 e. The van der Waals surface area contributed by atoms with Crippen LogP contribution in [0.25, 0.3) is 20.8 Å². The van der Waals surface area contributed by atoms with E-state index in [-0.39, 0.29) is 6.10 Å². The Balaban J connectivity index is 1.06. The minimum absolute atomic E-state index is 0.208. The maximum absolute atomic E-state index is 6.18. The summed E-state index contributed by atoms with van der Waals surface area (Å²) in [6.45, 7) is 7.19. The van der Waals surface area contributed by atoms with E-state index >= 15 is 0 Å². The van der Waals surface area contributed by atoms with Crippen molar-refractivity contribution in [2.75, 3.05) is 27.4 Å². The monoisotopic (exact) mass is 608 g/mol. The van der Waals surface area contributed by atoms with Gasteiger partial charge in [-0.15, -0.1) is 11.3 Å². The number of para-hydroxylation sites is 1. The van der Waals surface area contributed by atoms with E-state index in [0.717, 1.165) is 61.1 Å². The number of hydrogen-bond donors (Lipinski definition) is 0. The van der Waals surface area contributed by atoms with Crippen LogP contribution >= 0.6 is 11.3 Å². The molecule has 1 atom stereocenters. The number of benzene rings is 4. The third-order valence-corrected chi connectivity index (χ3v) is 9.02. The van der Waals surface area contributed by atoms with Gasteiger partial charge >= 0.3 is 0 Å². The van der Waals surface area contributed by atoms with Gasteiger partial charge in [-0.05, 0) is 85.5 Å². The number of nitrogens with zero attached hydrogens (tertiary/aromatic N) is 2. The number of fused-ring (bicyclic) bond motifs is 1. The molecule has 0 N–H and O–H groups in total. The van der Waals surface area contributed by atoms with Crippen molar-refractivity contribution in [3.8, 4) is 33.6 Å². The quantitative estimate of drug-likeness (QED) is 0.140. The molecule has 1 aliphatic rings. The minimum atomic E-state index is -0.208. The van der Waals surface area contributed by atoms with Crippen molar-refractivity contribution in [2.24, 2.45) is 5.16 Å². The zero-order chi connectivity index (χ0) is 30.6. The number of rotatable bonds is 11. The summed E-state index contributed by atoms with van der Waals surface area (Å²) in [5, 5.41) is 5.40. The summed E-state index contributed by atoms with van der Waals surface area (Å²) in [6, 6.07) is 24.5. The molecule has 6 rings (SSSR count). The standard InChI is InChI=1S/C36H36N2O5S/c1-22-11-12-26(36-37-28-9-6-7-10-35(28)44-36)19-31(22)41-15-8-16-42-34-18-25(13-14-30(34)39-4)33-21-29(38-43-33)27-17-23(2)24(3)32(20-27)40-5/h6-7,9-14,17-20,33H,8,15-16,21H2,1-5H3. The first-order chi connectivity index (χ1) is 21.4. The molecular weight excluding hydrogens is 572 g/mol. The molecule has 1 aliphatic heterocycles. The molecule has 0 amide bonds. The molecule has 0 bridgehead atoms. The fourth-order valence-electron chi connectivity index (χ4n) is 5.25. The highest BCUT2D eigenvalue weighted by atomic mass is 32.1. The van der Waals surface area contributed by atoms with Gasteiger partial charge in [0.2, 0.25) is 0 Å². The summed E-state index contributed by atoms with van der Waals surface area (Å²) >= 11 is 1.69. The molecular formula is C36H36N2O5S. The second-order valence-corrected chi connectivity index (χ2v) is 11.9. The predicted octanol–water partition coefficient (Wildman–Crippen LogP) is 8.62. The van der Waals surface area contributed by atoms with Crippen LogP contribution in [0.15, 0.2) is 78.0 Å². The molecule has 0 spiro atoms. The Morgan fingerprint density at radius 2 is 1.55 bits per heavy atom. The molecule has 44 heavy (non-hydrogen) atoms. The highest BCUT2D eigenvalue weighted by Crippen LogP contribution is 2.37. The zero-order valence-electron chi connectivity index (χ0n) is 25.7. The van der Waals surface area contributed by atoms with Gasteiger partial charge in [0, 0.05) is 24.0 Å². The first-order valence-corrected chi connectivity index (χ1v) is 15.5. The second-order valence-electron chi connectivity index (χ2n) is 10.9. The highest BCUT2D eigenvalue weighted by molar-refractivity contribution is 7.21. The van der Waals surface area contributed by atoms with Crippen LogP contribution in [-0.4, -0.2) is 38.1 Å². The fraction of sp³-hybridized carbons (Fsp3) is 0.278. The van der Waals surface area contributed by atoms with E-state index in [2.05, 4.69) is 56.3 Å². The molecule has 2 heterocycles. The Labute approximate surface area is 262 Å². The van der Waals surface area contributed by atoms with Gasteiger partial charge in [0.05, 0.1) is 43.4 Å². The largest absolute Gasteiger partial charge is 0.496 e. The Morgan fingerprint density at radius 3 is 2.34 bits per heavy atom. The van der Waals surface area contributed by atoms with Crippen molar-refractivity contribution < 1.29 is 23.8 Å². The van der Waals surface area contributed by atoms with Gasteiger partial charge in [0.1, 0.15) is 16.5 Å². The summed E-state index contributed by atoms with van der Waals surface area (Å²) in [4.78, 5) is 10.7. The van der Waals surface area contributed by atoms with E-state index in [1.165, 1.54) is 4.70 Å². The summed E-state index contributed by atoms with van der Waals surface area (Å²) in [5.74, 6) is 3.05. The van der Waals surface area contributed by atoms with Crippen molar-refractivity contribution in [1.29, 1.82) is 0 Å². The van der Waals surface area contributed by atoms with Crippen LogP contribution in [0.4, 0.5) is 0 Å². The lowest BCUT2D eigenvalue weighted by atomic mass is 9.97. The van der Waals surface area contributed by atoms with Crippen LogP contribution in [0.3, 0.4) is 0 Å². The van der Waals surface area contributed by atoms with Crippen LogP contribution in [-0.2, 0) is 4.84 Å². The van der Waals surface area contributed by atoms with E-state index in [1.54, 1.807) is 25.6 Å². The lowest BCUT2D eigenvalue weighted by Gasteiger charge is -2.15. The Kier molecular flexibility index (Phi) is 8.70. The molecule has 4 aromatic carbocycles. The number of hydrogen-bond acceptors (Lipinski definition) is 8. The Hall–Kier alpha value is -4.56. The number of aromatic nitrogens is 1. The number of aryl methyl sites for hydroxylation is 2. The van der Waals surface area contributed by atoms with Crippen LogP contribution in [0, 0.1) is 20.8 Å². The molecule has 8 heteroatoms. The zero-order valence-corrected chi connectivity index (χ0v) is 26.5. The van der Waals surface area contributed by atoms with E-state index < -0.39 is 0 Å². The van der Waals surface area contributed by atoms with Crippen LogP contribution in [0.5, 0.6) is 23.0 Å². The van der Waals surface area contributed by atoms with E-state index in [9.17, 15) is 0 Å². The molecule has 0 saturated heterocycles. The van der Waals surface area contributed by atoms with Gasteiger partial charge < -0.3 is 23.8 Å². The van der Waals surface area contributed by atoms with Crippen molar-refractivity contribution in [2.45, 2.75) is 39.7 Å². The molecule has 7 nitrogen and oxygen atoms in total. The number of ether oxygens (including phenoxy) is 4. The van der Waals surface area contributed by atoms with Crippen LogP contribution in [0.2, 0.25) is 0 Å². The van der Waals surface area contributed by atoms with Crippen molar-refractivity contribution in [3.05, 3.63) is 101 Å². The average molecular weight is 609 g/mol. The van der Waals surface area contributed by atoms with Gasteiger partial charge in [-0.3, -0.25) is 0 Å². The normalized spacial score (nSPS) is 14.3. The first kappa shape index (κ1) is 29.5. The van der Waals surface area contributed by atoms with Gasteiger partial charge in [-0.2, -0.15) is 0 Å². The summed E-state index contributed by atoms with van der Waals surface area (Å²) < 4.78 is 24.7. The number of methoxy groups -OCH3 is 2. The third kappa shape index (κ3) is 6.21. The maximum Gasteiger partial charge on any atom is 0.161 e. The molecule has 1 aromatic heterocycles. The lowest BCUT2D eigenvalue weighted by Crippen LogP contribution is -2.07. The molecule has 226 valence electrons. The van der Waals surface area contributed by atoms with Gasteiger partial charge in [-0.1, -0.05) is 35.5 Å². The topological polar surface area (TPSA) is 71.4 Å². The fourth-order valence-corrected chi connectivity index (χ4v) is 6.21. The molecule has 0 radical (unpaired) electrons. The SMILES string of the molecule is COc1ccc(C2CC(c3cc(C)c(C)c(OC)c3)=NO2)cc1OCCCOc1cc(-c2nc3ccccc3s2)ccc1C. The summed E-state index contributed by atoms with van der Waals surface area (Å²) in [7, 11) is 3.34. The average Bonchev–Trinajstić information content (AvgIpc) is 3.71. The van der Waals surface area contributed by atoms with Gasteiger partial charge in [0.25, 0.3) is 0 Å². The van der Waals surface area contributed by atoms with Gasteiger partial charge in [-0.25, -0.2) is 4.98 Å². The molecule has 0 fully saturated rings. The lowest BCUT2D eigenvalue weighted by molar-refractivity contribution is 0.0854. The van der Waals surface area contributed by atoms with Crippen molar-refractivity contribution >= 4 is 27.3 Å². The number of thiazole rings is 1. The predicted molar refractivity (Wildman–Crippen MR) is 176 cm³/mol. The van der Waals surface area contributed by atoms with E-state index in [0.29, 0.717) is 37.6 Å². The molecule has 0 saturated carbocycles. The van der Waals surface area contributed by atoms with Gasteiger partial charge in [0.15, 0.2) is 17.6 Å². The van der Waals surface area contributed by atoms with E-state index in [1.807, 2.05) is 42.5 Å². The number of oxime groups is 1. The van der Waals surface area contributed by atoms with Crippen LogP contribution in [0.1, 0.15) is 46.8 Å². The van der Waals surface area contributed by atoms with Crippen molar-refractivity contribution in [1.82, 2.24) is 4.98 Å². The minimum Gasteiger partial charge on any atom is -0.496 e. The third-order valence-electron chi connectivity index (χ3n) is 7.93. The molecule has 0 aliphatic carbocycles. The summed E-state index contributed by atoms with van der Waals surface area (Å²) in [5.41, 5.74) is 8.33. The summed E-state index contributed by atoms with van der Waals surface area (Å²) in [6.07, 6.45) is 1.15.